The fourth-order valence-corrected chi connectivity index (χ4v) is 3.82. The van der Waals surface area contributed by atoms with Crippen molar-refractivity contribution >= 4 is 23.1 Å². The number of nitrogens with zero attached hydrogens (tertiary/aromatic N) is 2. The van der Waals surface area contributed by atoms with E-state index in [0.717, 1.165) is 37.6 Å². The number of anilines is 3. The molecule has 3 rings (SSSR count). The Balaban J connectivity index is 1.77. The first-order valence-corrected chi connectivity index (χ1v) is 9.95. The van der Waals surface area contributed by atoms with Crippen molar-refractivity contribution in [2.45, 2.75) is 38.5 Å². The van der Waals surface area contributed by atoms with E-state index >= 15 is 0 Å². The summed E-state index contributed by atoms with van der Waals surface area (Å²) in [5.74, 6) is 0. The molecule has 2 saturated heterocycles. The number of hydrogen-bond acceptors (Lipinski definition) is 4. The van der Waals surface area contributed by atoms with Gasteiger partial charge in [0, 0.05) is 45.5 Å². The standard InChI is InChI=1S/C20H32N4O2/c1-26-15-10-21-20(25)22-18-16-17(23-11-4-2-5-12-23)8-9-19(18)24-13-6-3-7-14-24/h8-9,16H,2-7,10-15H2,1H3,(H2,21,22,25). The predicted molar refractivity (Wildman–Crippen MR) is 107 cm³/mol. The molecular weight excluding hydrogens is 328 g/mol. The normalized spacial score (nSPS) is 17.9. The van der Waals surface area contributed by atoms with Gasteiger partial charge in [0.25, 0.3) is 0 Å². The van der Waals surface area contributed by atoms with Crippen LogP contribution in [0, 0.1) is 0 Å². The Kier molecular flexibility index (Phi) is 7.00. The fourth-order valence-electron chi connectivity index (χ4n) is 3.82. The Morgan fingerprint density at radius 2 is 1.65 bits per heavy atom. The molecule has 1 aromatic carbocycles. The van der Waals surface area contributed by atoms with E-state index in [0.29, 0.717) is 13.2 Å². The van der Waals surface area contributed by atoms with Crippen molar-refractivity contribution in [1.82, 2.24) is 5.32 Å². The van der Waals surface area contributed by atoms with Gasteiger partial charge >= 0.3 is 6.03 Å². The second-order valence-electron chi connectivity index (χ2n) is 7.17. The zero-order valence-electron chi connectivity index (χ0n) is 15.9. The van der Waals surface area contributed by atoms with Gasteiger partial charge in [-0.05, 0) is 56.7 Å². The summed E-state index contributed by atoms with van der Waals surface area (Å²) in [7, 11) is 1.64. The summed E-state index contributed by atoms with van der Waals surface area (Å²) >= 11 is 0. The summed E-state index contributed by atoms with van der Waals surface area (Å²) < 4.78 is 5.00. The molecule has 2 aliphatic rings. The van der Waals surface area contributed by atoms with Gasteiger partial charge in [-0.3, -0.25) is 0 Å². The smallest absolute Gasteiger partial charge is 0.319 e. The molecule has 0 radical (unpaired) electrons. The third-order valence-corrected chi connectivity index (χ3v) is 5.24. The highest BCUT2D eigenvalue weighted by Gasteiger charge is 2.18. The van der Waals surface area contributed by atoms with Crippen molar-refractivity contribution in [3.05, 3.63) is 18.2 Å². The summed E-state index contributed by atoms with van der Waals surface area (Å²) in [5.41, 5.74) is 3.25. The molecule has 26 heavy (non-hydrogen) atoms. The number of carbonyl (C=O) groups is 1. The van der Waals surface area contributed by atoms with Gasteiger partial charge < -0.3 is 25.2 Å². The molecule has 0 aromatic heterocycles. The number of benzene rings is 1. The highest BCUT2D eigenvalue weighted by atomic mass is 16.5. The lowest BCUT2D eigenvalue weighted by Gasteiger charge is -2.33. The molecule has 1 aromatic rings. The minimum Gasteiger partial charge on any atom is -0.383 e. The molecule has 0 atom stereocenters. The van der Waals surface area contributed by atoms with Gasteiger partial charge in [0.15, 0.2) is 0 Å². The lowest BCUT2D eigenvalue weighted by atomic mass is 10.1. The molecule has 6 nitrogen and oxygen atoms in total. The van der Waals surface area contributed by atoms with Gasteiger partial charge in [-0.2, -0.15) is 0 Å². The lowest BCUT2D eigenvalue weighted by molar-refractivity contribution is 0.198. The number of carbonyl (C=O) groups excluding carboxylic acids is 1. The van der Waals surface area contributed by atoms with Gasteiger partial charge in [0.2, 0.25) is 0 Å². The van der Waals surface area contributed by atoms with Crippen LogP contribution in [0.4, 0.5) is 21.9 Å². The summed E-state index contributed by atoms with van der Waals surface area (Å²) in [4.78, 5) is 17.1. The number of hydrogen-bond donors (Lipinski definition) is 2. The van der Waals surface area contributed by atoms with Crippen molar-refractivity contribution in [2.24, 2.45) is 0 Å². The highest BCUT2D eigenvalue weighted by molar-refractivity contribution is 5.94. The Bertz CT molecular complexity index is 581. The first kappa shape index (κ1) is 18.8. The maximum atomic E-state index is 12.3. The van der Waals surface area contributed by atoms with Crippen molar-refractivity contribution < 1.29 is 9.53 Å². The van der Waals surface area contributed by atoms with Gasteiger partial charge in [0.1, 0.15) is 0 Å². The van der Waals surface area contributed by atoms with Crippen LogP contribution in [0.25, 0.3) is 0 Å². The summed E-state index contributed by atoms with van der Waals surface area (Å²) in [6, 6.07) is 6.37. The Morgan fingerprint density at radius 3 is 2.31 bits per heavy atom. The van der Waals surface area contributed by atoms with Crippen LogP contribution in [0.5, 0.6) is 0 Å². The summed E-state index contributed by atoms with van der Waals surface area (Å²) in [6.45, 7) is 5.34. The average Bonchev–Trinajstić information content (AvgIpc) is 2.69. The van der Waals surface area contributed by atoms with E-state index in [2.05, 4.69) is 38.6 Å². The Hall–Kier alpha value is -1.95. The molecular formula is C20H32N4O2. The average molecular weight is 361 g/mol. The largest absolute Gasteiger partial charge is 0.383 e. The lowest BCUT2D eigenvalue weighted by Crippen LogP contribution is -2.34. The monoisotopic (exact) mass is 360 g/mol. The van der Waals surface area contributed by atoms with Crippen LogP contribution in [-0.4, -0.2) is 52.5 Å². The number of ether oxygens (including phenoxy) is 1. The molecule has 144 valence electrons. The molecule has 2 heterocycles. The molecule has 2 fully saturated rings. The van der Waals surface area contributed by atoms with Crippen LogP contribution in [0.2, 0.25) is 0 Å². The maximum absolute atomic E-state index is 12.3. The zero-order valence-corrected chi connectivity index (χ0v) is 15.9. The van der Waals surface area contributed by atoms with Crippen molar-refractivity contribution in [3.63, 3.8) is 0 Å². The quantitative estimate of drug-likeness (QED) is 0.763. The second-order valence-corrected chi connectivity index (χ2v) is 7.17. The second kappa shape index (κ2) is 9.67. The molecule has 6 heteroatoms. The molecule has 0 saturated carbocycles. The number of methoxy groups -OCH3 is 1. The van der Waals surface area contributed by atoms with E-state index in [1.54, 1.807) is 7.11 Å². The Morgan fingerprint density at radius 1 is 1.00 bits per heavy atom. The van der Waals surface area contributed by atoms with Gasteiger partial charge in [-0.15, -0.1) is 0 Å². The van der Waals surface area contributed by atoms with E-state index in [1.165, 1.54) is 44.2 Å². The minimum absolute atomic E-state index is 0.170. The topological polar surface area (TPSA) is 56.8 Å². The third kappa shape index (κ3) is 5.04. The number of rotatable bonds is 6. The zero-order chi connectivity index (χ0) is 18.2. The number of amides is 2. The predicted octanol–water partition coefficient (Wildman–Crippen LogP) is 3.44. The Labute approximate surface area is 156 Å². The summed E-state index contributed by atoms with van der Waals surface area (Å²) in [6.07, 6.45) is 7.53. The van der Waals surface area contributed by atoms with Crippen LogP contribution in [0.3, 0.4) is 0 Å². The van der Waals surface area contributed by atoms with Crippen LogP contribution < -0.4 is 20.4 Å². The van der Waals surface area contributed by atoms with E-state index < -0.39 is 0 Å². The van der Waals surface area contributed by atoms with E-state index in [-0.39, 0.29) is 6.03 Å². The van der Waals surface area contributed by atoms with E-state index in [1.807, 2.05) is 0 Å². The highest BCUT2D eigenvalue weighted by Crippen LogP contribution is 2.33. The first-order chi connectivity index (χ1) is 12.8. The van der Waals surface area contributed by atoms with Gasteiger partial charge in [-0.1, -0.05) is 0 Å². The van der Waals surface area contributed by atoms with Crippen LogP contribution >= 0.6 is 0 Å². The first-order valence-electron chi connectivity index (χ1n) is 9.95. The van der Waals surface area contributed by atoms with Crippen molar-refractivity contribution in [2.75, 3.05) is 61.6 Å². The minimum atomic E-state index is -0.170. The SMILES string of the molecule is COCCNC(=O)Nc1cc(N2CCCCC2)ccc1N1CCCCC1. The molecule has 0 spiro atoms. The van der Waals surface area contributed by atoms with Gasteiger partial charge in [-0.25, -0.2) is 4.79 Å². The molecule has 2 amide bonds. The molecule has 2 aliphatic heterocycles. The van der Waals surface area contributed by atoms with Crippen LogP contribution in [0.15, 0.2) is 18.2 Å². The van der Waals surface area contributed by atoms with Gasteiger partial charge in [0.05, 0.1) is 18.0 Å². The fraction of sp³-hybridized carbons (Fsp3) is 0.650. The molecule has 0 aliphatic carbocycles. The van der Waals surface area contributed by atoms with Crippen molar-refractivity contribution in [3.8, 4) is 0 Å². The molecule has 0 unspecified atom stereocenters. The van der Waals surface area contributed by atoms with Crippen LogP contribution in [-0.2, 0) is 4.74 Å². The van der Waals surface area contributed by atoms with Crippen molar-refractivity contribution in [1.29, 1.82) is 0 Å². The van der Waals surface area contributed by atoms with E-state index in [9.17, 15) is 4.79 Å². The summed E-state index contributed by atoms with van der Waals surface area (Å²) in [5, 5.41) is 5.93. The third-order valence-electron chi connectivity index (χ3n) is 5.24. The molecule has 2 N–H and O–H groups in total. The number of piperidine rings is 2. The maximum Gasteiger partial charge on any atom is 0.319 e. The van der Waals surface area contributed by atoms with Crippen LogP contribution in [0.1, 0.15) is 38.5 Å². The van der Waals surface area contributed by atoms with E-state index in [4.69, 9.17) is 4.74 Å². The number of urea groups is 1. The molecule has 0 bridgehead atoms. The number of nitrogens with one attached hydrogen (secondary N) is 2.